The fourth-order valence-electron chi connectivity index (χ4n) is 4.49. The van der Waals surface area contributed by atoms with E-state index in [2.05, 4.69) is 35.7 Å². The molecule has 4 aromatic rings. The molecule has 0 spiro atoms. The highest BCUT2D eigenvalue weighted by Crippen LogP contribution is 2.34. The zero-order valence-corrected chi connectivity index (χ0v) is 21.2. The van der Waals surface area contributed by atoms with Gasteiger partial charge in [-0.15, -0.1) is 0 Å². The summed E-state index contributed by atoms with van der Waals surface area (Å²) in [6.45, 7) is 3.97. The number of methoxy groups -OCH3 is 1. The van der Waals surface area contributed by atoms with Crippen molar-refractivity contribution >= 4 is 34.1 Å². The number of anilines is 3. The van der Waals surface area contributed by atoms with Gasteiger partial charge < -0.3 is 25.0 Å². The number of nitrogens with one attached hydrogen (secondary N) is 3. The zero-order valence-electron chi connectivity index (χ0n) is 21.2. The number of nitrogens with zero attached hydrogens (tertiary/aromatic N) is 4. The third kappa shape index (κ3) is 6.35. The van der Waals surface area contributed by atoms with Crippen LogP contribution in [0.4, 0.5) is 21.7 Å². The number of aromatic nitrogens is 4. The molecule has 0 atom stereocenters. The number of halogens is 1. The summed E-state index contributed by atoms with van der Waals surface area (Å²) in [4.78, 5) is 23.6. The highest BCUT2D eigenvalue weighted by molar-refractivity contribution is 5.93. The van der Waals surface area contributed by atoms with Crippen molar-refractivity contribution in [2.24, 2.45) is 0 Å². The number of carbonyl (C=O) groups excluding carboxylic acids is 1. The fourth-order valence-corrected chi connectivity index (χ4v) is 4.49. The maximum absolute atomic E-state index is 13.4. The molecule has 0 saturated carbocycles. The van der Waals surface area contributed by atoms with E-state index in [1.165, 1.54) is 50.5 Å². The van der Waals surface area contributed by atoms with E-state index in [4.69, 9.17) is 9.47 Å². The van der Waals surface area contributed by atoms with Crippen molar-refractivity contribution in [3.63, 3.8) is 0 Å². The molecule has 0 aliphatic carbocycles. The molecule has 198 valence electrons. The van der Waals surface area contributed by atoms with E-state index in [1.54, 1.807) is 19.2 Å². The van der Waals surface area contributed by atoms with E-state index >= 15 is 0 Å². The molecule has 3 N–H and O–H groups in total. The second-order valence-electron chi connectivity index (χ2n) is 9.13. The normalized spacial score (nSPS) is 13.5. The van der Waals surface area contributed by atoms with Gasteiger partial charge in [0.05, 0.1) is 25.7 Å². The average molecular weight is 520 g/mol. The quantitative estimate of drug-likeness (QED) is 0.251. The van der Waals surface area contributed by atoms with E-state index in [1.807, 2.05) is 12.1 Å². The lowest BCUT2D eigenvalue weighted by Gasteiger charge is -2.16. The summed E-state index contributed by atoms with van der Waals surface area (Å²) >= 11 is 0. The van der Waals surface area contributed by atoms with Gasteiger partial charge in [0.25, 0.3) is 0 Å². The van der Waals surface area contributed by atoms with Crippen LogP contribution in [0.2, 0.25) is 0 Å². The Labute approximate surface area is 219 Å². The van der Waals surface area contributed by atoms with Crippen LogP contribution in [0.15, 0.2) is 48.8 Å². The van der Waals surface area contributed by atoms with Crippen LogP contribution in [0.3, 0.4) is 0 Å². The van der Waals surface area contributed by atoms with Crippen LogP contribution < -0.4 is 20.1 Å². The first-order valence-electron chi connectivity index (χ1n) is 12.6. The monoisotopic (exact) mass is 519 g/mol. The Morgan fingerprint density at radius 2 is 2.00 bits per heavy atom. The van der Waals surface area contributed by atoms with Crippen molar-refractivity contribution < 1.29 is 18.7 Å². The second-order valence-corrected chi connectivity index (χ2v) is 9.13. The lowest BCUT2D eigenvalue weighted by molar-refractivity contribution is -0.115. The molecule has 10 nitrogen and oxygen atoms in total. The summed E-state index contributed by atoms with van der Waals surface area (Å²) in [5.41, 5.74) is 1.68. The molecule has 5 rings (SSSR count). The number of amides is 1. The van der Waals surface area contributed by atoms with Crippen molar-refractivity contribution in [1.82, 2.24) is 25.1 Å². The summed E-state index contributed by atoms with van der Waals surface area (Å²) in [6.07, 6.45) is 5.01. The predicted octanol–water partition coefficient (Wildman–Crippen LogP) is 4.29. The van der Waals surface area contributed by atoms with Crippen molar-refractivity contribution in [1.29, 1.82) is 0 Å². The lowest BCUT2D eigenvalue weighted by Crippen LogP contribution is -2.21. The van der Waals surface area contributed by atoms with Gasteiger partial charge in [-0.05, 0) is 56.6 Å². The van der Waals surface area contributed by atoms with Crippen LogP contribution in [-0.4, -0.2) is 64.3 Å². The van der Waals surface area contributed by atoms with Gasteiger partial charge in [-0.1, -0.05) is 6.07 Å². The minimum absolute atomic E-state index is 0.0436. The Kier molecular flexibility index (Phi) is 7.93. The Morgan fingerprint density at radius 1 is 1.13 bits per heavy atom. The molecule has 0 unspecified atom stereocenters. The van der Waals surface area contributed by atoms with Gasteiger partial charge in [-0.2, -0.15) is 5.10 Å². The maximum Gasteiger partial charge on any atom is 0.230 e. The smallest absolute Gasteiger partial charge is 0.230 e. The van der Waals surface area contributed by atoms with Crippen molar-refractivity contribution in [3.8, 4) is 11.5 Å². The molecule has 1 saturated heterocycles. The van der Waals surface area contributed by atoms with Gasteiger partial charge in [0.15, 0.2) is 17.3 Å². The van der Waals surface area contributed by atoms with E-state index in [0.717, 1.165) is 18.4 Å². The molecule has 1 aliphatic rings. The molecule has 0 bridgehead atoms. The molecule has 1 amide bonds. The molecule has 11 heteroatoms. The van der Waals surface area contributed by atoms with Crippen LogP contribution in [-0.2, 0) is 11.2 Å². The topological polar surface area (TPSA) is 117 Å². The van der Waals surface area contributed by atoms with E-state index in [9.17, 15) is 9.18 Å². The third-order valence-corrected chi connectivity index (χ3v) is 6.33. The van der Waals surface area contributed by atoms with E-state index < -0.39 is 5.82 Å². The number of carbonyl (C=O) groups is 1. The second kappa shape index (κ2) is 11.9. The van der Waals surface area contributed by atoms with Crippen LogP contribution in [0.25, 0.3) is 10.9 Å². The number of hydrogen-bond donors (Lipinski definition) is 3. The predicted molar refractivity (Wildman–Crippen MR) is 142 cm³/mol. The summed E-state index contributed by atoms with van der Waals surface area (Å²) < 4.78 is 25.0. The summed E-state index contributed by atoms with van der Waals surface area (Å²) in [5.74, 6) is 1.54. The molecular formula is C27H30FN7O3. The van der Waals surface area contributed by atoms with Gasteiger partial charge >= 0.3 is 0 Å². The molecule has 2 aromatic heterocycles. The summed E-state index contributed by atoms with van der Waals surface area (Å²) in [6, 6.07) is 11.2. The minimum Gasteiger partial charge on any atom is -0.493 e. The first kappa shape index (κ1) is 25.4. The summed E-state index contributed by atoms with van der Waals surface area (Å²) in [5, 5.41) is 13.7. The standard InChI is InChI=1S/C27H30FN7O3/c1-37-23-15-21-22(16-24(23)38-11-5-10-35-8-2-3-9-35)29-17-30-27(21)32-25-13-20(33-34-25)14-26(36)31-19-7-4-6-18(28)12-19/h4,6-7,12-13,15-17H,2-3,5,8-11,14H2,1H3,(H,31,36)(H2,29,30,32,33,34). The number of H-pyrrole nitrogens is 1. The van der Waals surface area contributed by atoms with Crippen molar-refractivity contribution in [2.75, 3.05) is 44.0 Å². The molecule has 2 aromatic carbocycles. The number of aromatic amines is 1. The van der Waals surface area contributed by atoms with Gasteiger partial charge in [0, 0.05) is 35.4 Å². The average Bonchev–Trinajstić information content (AvgIpc) is 3.58. The molecule has 1 aliphatic heterocycles. The molecule has 0 radical (unpaired) electrons. The van der Waals surface area contributed by atoms with Gasteiger partial charge in [0.1, 0.15) is 18.0 Å². The van der Waals surface area contributed by atoms with E-state index in [0.29, 0.717) is 46.6 Å². The maximum atomic E-state index is 13.4. The van der Waals surface area contributed by atoms with Crippen LogP contribution in [0.5, 0.6) is 11.5 Å². The largest absolute Gasteiger partial charge is 0.493 e. The van der Waals surface area contributed by atoms with Crippen molar-refractivity contribution in [3.05, 3.63) is 60.3 Å². The number of ether oxygens (including phenoxy) is 2. The number of benzene rings is 2. The third-order valence-electron chi connectivity index (χ3n) is 6.33. The zero-order chi connectivity index (χ0) is 26.3. The lowest BCUT2D eigenvalue weighted by atomic mass is 10.2. The number of fused-ring (bicyclic) bond motifs is 1. The Hall–Kier alpha value is -4.25. The van der Waals surface area contributed by atoms with Crippen LogP contribution >= 0.6 is 0 Å². The molecule has 38 heavy (non-hydrogen) atoms. The molecule has 1 fully saturated rings. The first-order chi connectivity index (χ1) is 18.6. The highest BCUT2D eigenvalue weighted by Gasteiger charge is 2.15. The first-order valence-corrected chi connectivity index (χ1v) is 12.6. The van der Waals surface area contributed by atoms with Gasteiger partial charge in [0.2, 0.25) is 5.91 Å². The highest BCUT2D eigenvalue weighted by atomic mass is 19.1. The Balaban J connectivity index is 1.23. The number of rotatable bonds is 11. The SMILES string of the molecule is COc1cc2c(Nc3cc(CC(=O)Nc4cccc(F)c4)[nH]n3)ncnc2cc1OCCCN1CCCC1. The Morgan fingerprint density at radius 3 is 2.82 bits per heavy atom. The molecular weight excluding hydrogens is 489 g/mol. The summed E-state index contributed by atoms with van der Waals surface area (Å²) in [7, 11) is 1.60. The number of hydrogen-bond acceptors (Lipinski definition) is 8. The Bertz CT molecular complexity index is 1400. The van der Waals surface area contributed by atoms with Gasteiger partial charge in [-0.25, -0.2) is 14.4 Å². The van der Waals surface area contributed by atoms with Gasteiger partial charge in [-0.3, -0.25) is 9.89 Å². The molecule has 3 heterocycles. The van der Waals surface area contributed by atoms with E-state index in [-0.39, 0.29) is 12.3 Å². The van der Waals surface area contributed by atoms with Crippen molar-refractivity contribution in [2.45, 2.75) is 25.7 Å². The van der Waals surface area contributed by atoms with Crippen LogP contribution in [0.1, 0.15) is 25.0 Å². The fraction of sp³-hybridized carbons (Fsp3) is 0.333. The minimum atomic E-state index is -0.416. The van der Waals surface area contributed by atoms with Crippen LogP contribution in [0, 0.1) is 5.82 Å². The number of likely N-dealkylation sites (tertiary alicyclic amines) is 1.